The first-order valence-electron chi connectivity index (χ1n) is 11.7. The summed E-state index contributed by atoms with van der Waals surface area (Å²) in [7, 11) is 0. The summed E-state index contributed by atoms with van der Waals surface area (Å²) in [6.45, 7) is 0.771. The van der Waals surface area contributed by atoms with E-state index in [0.29, 0.717) is 28.5 Å². The van der Waals surface area contributed by atoms with Gasteiger partial charge in [-0.3, -0.25) is 4.79 Å². The van der Waals surface area contributed by atoms with Crippen LogP contribution in [-0.2, 0) is 4.79 Å². The highest BCUT2D eigenvalue weighted by Gasteiger charge is 2.52. The number of imide groups is 1. The number of rotatable bonds is 3. The highest BCUT2D eigenvalue weighted by atomic mass is 35.5. The fraction of sp³-hybridized carbons (Fsp3) is 0.478. The predicted octanol–water partition coefficient (Wildman–Crippen LogP) is 3.68. The van der Waals surface area contributed by atoms with Crippen molar-refractivity contribution in [2.24, 2.45) is 0 Å². The zero-order chi connectivity index (χ0) is 27.0. The monoisotopic (exact) mass is 542 g/mol. The van der Waals surface area contributed by atoms with Crippen LogP contribution < -0.4 is 16.0 Å². The minimum absolute atomic E-state index is 0.153. The summed E-state index contributed by atoms with van der Waals surface area (Å²) in [4.78, 5) is 45.6. The molecule has 1 aromatic heterocycles. The van der Waals surface area contributed by atoms with E-state index < -0.39 is 36.2 Å². The first-order valence-corrected chi connectivity index (χ1v) is 12.1. The van der Waals surface area contributed by atoms with Crippen molar-refractivity contribution in [3.05, 3.63) is 29.3 Å². The molecule has 3 heterocycles. The van der Waals surface area contributed by atoms with Crippen LogP contribution in [0.25, 0.3) is 10.9 Å². The molecule has 0 unspecified atom stereocenters. The van der Waals surface area contributed by atoms with Crippen LogP contribution in [0.2, 0.25) is 5.02 Å². The molecule has 1 aromatic carbocycles. The average Bonchev–Trinajstić information content (AvgIpc) is 2.96. The van der Waals surface area contributed by atoms with Crippen LogP contribution in [0, 0.1) is 0 Å². The maximum Gasteiger partial charge on any atom is 0.414 e. The summed E-state index contributed by atoms with van der Waals surface area (Å²) in [5.41, 5.74) is 4.95. The minimum atomic E-state index is -4.80. The van der Waals surface area contributed by atoms with Gasteiger partial charge in [0.1, 0.15) is 11.4 Å². The third-order valence-electron chi connectivity index (χ3n) is 6.65. The largest absolute Gasteiger partial charge is 0.465 e. The topological polar surface area (TPSA) is 132 Å². The summed E-state index contributed by atoms with van der Waals surface area (Å²) in [5, 5.41) is 13.0. The van der Waals surface area contributed by atoms with Crippen LogP contribution in [0.5, 0.6) is 0 Å². The number of halogens is 4. The lowest BCUT2D eigenvalue weighted by Gasteiger charge is -2.40. The van der Waals surface area contributed by atoms with Crippen LogP contribution in [0.15, 0.2) is 24.3 Å². The number of aromatic nitrogens is 1. The summed E-state index contributed by atoms with van der Waals surface area (Å²) >= 11 is 6.07. The number of pyridine rings is 1. The fourth-order valence-electron chi connectivity index (χ4n) is 4.91. The fourth-order valence-corrected chi connectivity index (χ4v) is 5.08. The van der Waals surface area contributed by atoms with Crippen molar-refractivity contribution in [3.8, 4) is 0 Å². The standard InChI is InChI=1S/C23H26ClF3N6O4/c24-14-3-4-15-16(11-14)29-18(28)12-17(15)31-7-9-32(10-8-31)20(35)30-22(13-23(25,26)27)5-1-2-6-33(19(22)34)21(36)37/h3-4,11-12H,1-2,5-10,13H2,(H2,28,29)(H,30,35)(H,36,37)/t22-/m0/s1. The molecule has 4 N–H and O–H groups in total. The van der Waals surface area contributed by atoms with Crippen LogP contribution in [-0.4, -0.2) is 82.4 Å². The first kappa shape index (κ1) is 26.6. The van der Waals surface area contributed by atoms with E-state index >= 15 is 0 Å². The number of alkyl halides is 3. The van der Waals surface area contributed by atoms with Crippen LogP contribution in [0.3, 0.4) is 0 Å². The molecule has 200 valence electrons. The number of urea groups is 1. The Bertz CT molecular complexity index is 1220. The molecule has 14 heteroatoms. The molecule has 10 nitrogen and oxygen atoms in total. The van der Waals surface area contributed by atoms with Gasteiger partial charge in [-0.05, 0) is 37.5 Å². The maximum atomic E-state index is 13.5. The zero-order valence-electron chi connectivity index (χ0n) is 19.7. The number of nitrogens with one attached hydrogen (secondary N) is 1. The quantitative estimate of drug-likeness (QED) is 0.539. The summed E-state index contributed by atoms with van der Waals surface area (Å²) < 4.78 is 40.6. The third kappa shape index (κ3) is 5.76. The van der Waals surface area contributed by atoms with Gasteiger partial charge in [-0.15, -0.1) is 0 Å². The molecule has 0 bridgehead atoms. The van der Waals surface area contributed by atoms with Gasteiger partial charge in [0.05, 0.1) is 11.9 Å². The molecule has 0 radical (unpaired) electrons. The number of piperazine rings is 1. The second kappa shape index (κ2) is 10.1. The van der Waals surface area contributed by atoms with E-state index in [1.807, 2.05) is 11.0 Å². The number of benzene rings is 1. The molecule has 2 aromatic rings. The maximum absolute atomic E-state index is 13.5. The van der Waals surface area contributed by atoms with Crippen molar-refractivity contribution < 1.29 is 32.7 Å². The van der Waals surface area contributed by atoms with Gasteiger partial charge in [0, 0.05) is 54.9 Å². The van der Waals surface area contributed by atoms with Gasteiger partial charge in [-0.2, -0.15) is 13.2 Å². The molecule has 2 fully saturated rings. The Morgan fingerprint density at radius 1 is 1.14 bits per heavy atom. The van der Waals surface area contributed by atoms with E-state index in [1.54, 1.807) is 18.2 Å². The second-order valence-electron chi connectivity index (χ2n) is 9.20. The Hall–Kier alpha value is -3.48. The number of nitrogen functional groups attached to an aromatic ring is 1. The molecule has 2 saturated heterocycles. The molecular weight excluding hydrogens is 517 g/mol. The van der Waals surface area contributed by atoms with Gasteiger partial charge in [0.25, 0.3) is 5.91 Å². The van der Waals surface area contributed by atoms with Crippen molar-refractivity contribution in [2.75, 3.05) is 43.4 Å². The minimum Gasteiger partial charge on any atom is -0.465 e. The number of hydrogen-bond donors (Lipinski definition) is 3. The van der Waals surface area contributed by atoms with E-state index in [2.05, 4.69) is 10.3 Å². The smallest absolute Gasteiger partial charge is 0.414 e. The van der Waals surface area contributed by atoms with Gasteiger partial charge in [-0.1, -0.05) is 11.6 Å². The number of carboxylic acid groups (broad SMARTS) is 1. The molecule has 0 saturated carbocycles. The Balaban J connectivity index is 1.52. The van der Waals surface area contributed by atoms with Crippen LogP contribution in [0.4, 0.5) is 34.3 Å². The number of carbonyl (C=O) groups excluding carboxylic acids is 2. The number of likely N-dealkylation sites (tertiary alicyclic amines) is 1. The summed E-state index contributed by atoms with van der Waals surface area (Å²) in [5.74, 6) is -0.979. The zero-order valence-corrected chi connectivity index (χ0v) is 20.5. The van der Waals surface area contributed by atoms with Gasteiger partial charge < -0.3 is 26.0 Å². The SMILES string of the molecule is Nc1cc(N2CCN(C(=O)N[C@]3(CC(F)(F)F)CCCCN(C(=O)O)C3=O)CC2)c2ccc(Cl)cc2n1. The van der Waals surface area contributed by atoms with Crippen LogP contribution in [0.1, 0.15) is 25.7 Å². The normalized spacial score (nSPS) is 21.2. The number of fused-ring (bicyclic) bond motifs is 1. The number of carbonyl (C=O) groups is 3. The second-order valence-corrected chi connectivity index (χ2v) is 9.64. The van der Waals surface area contributed by atoms with Gasteiger partial charge in [-0.25, -0.2) is 19.5 Å². The van der Waals surface area contributed by atoms with Crippen molar-refractivity contribution in [2.45, 2.75) is 37.4 Å². The van der Waals surface area contributed by atoms with Crippen molar-refractivity contribution in [1.82, 2.24) is 20.1 Å². The molecule has 4 rings (SSSR count). The molecule has 0 spiro atoms. The molecule has 0 aliphatic carbocycles. The average molecular weight is 543 g/mol. The van der Waals surface area contributed by atoms with Gasteiger partial charge in [0.15, 0.2) is 0 Å². The number of nitrogens with zero attached hydrogens (tertiary/aromatic N) is 4. The van der Waals surface area contributed by atoms with E-state index in [4.69, 9.17) is 17.3 Å². The number of hydrogen-bond acceptors (Lipinski definition) is 6. The van der Waals surface area contributed by atoms with Crippen molar-refractivity contribution in [1.29, 1.82) is 0 Å². The molecule has 4 amide bonds. The number of anilines is 2. The first-order chi connectivity index (χ1) is 17.4. The van der Waals surface area contributed by atoms with Crippen molar-refractivity contribution in [3.63, 3.8) is 0 Å². The summed E-state index contributed by atoms with van der Waals surface area (Å²) in [6.07, 6.45) is -8.06. The Morgan fingerprint density at radius 3 is 2.49 bits per heavy atom. The lowest BCUT2D eigenvalue weighted by atomic mass is 9.88. The Labute approximate surface area is 215 Å². The molecular formula is C23H26ClF3N6O4. The lowest BCUT2D eigenvalue weighted by molar-refractivity contribution is -0.163. The molecule has 2 aliphatic rings. The van der Waals surface area contributed by atoms with Gasteiger partial charge >= 0.3 is 18.3 Å². The van der Waals surface area contributed by atoms with E-state index in [-0.39, 0.29) is 44.7 Å². The highest BCUT2D eigenvalue weighted by Crippen LogP contribution is 2.35. The molecule has 37 heavy (non-hydrogen) atoms. The van der Waals surface area contributed by atoms with E-state index in [1.165, 1.54) is 4.90 Å². The lowest BCUT2D eigenvalue weighted by Crippen LogP contribution is -2.64. The highest BCUT2D eigenvalue weighted by molar-refractivity contribution is 6.31. The number of amides is 4. The molecule has 1 atom stereocenters. The predicted molar refractivity (Wildman–Crippen MR) is 130 cm³/mol. The molecule has 2 aliphatic heterocycles. The Morgan fingerprint density at radius 2 is 1.84 bits per heavy atom. The third-order valence-corrected chi connectivity index (χ3v) is 6.88. The van der Waals surface area contributed by atoms with E-state index in [0.717, 1.165) is 11.1 Å². The Kier molecular flexibility index (Phi) is 7.27. The summed E-state index contributed by atoms with van der Waals surface area (Å²) in [6, 6.07) is 6.07. The van der Waals surface area contributed by atoms with E-state index in [9.17, 15) is 32.7 Å². The number of nitrogens with two attached hydrogens (primary N) is 1. The van der Waals surface area contributed by atoms with Gasteiger partial charge in [0.2, 0.25) is 0 Å². The van der Waals surface area contributed by atoms with Crippen molar-refractivity contribution >= 4 is 52.0 Å². The van der Waals surface area contributed by atoms with Crippen LogP contribution >= 0.6 is 11.6 Å².